The molecule has 0 bridgehead atoms. The van der Waals surface area contributed by atoms with Crippen LogP contribution in [-0.4, -0.2) is 18.8 Å². The van der Waals surface area contributed by atoms with E-state index in [1.807, 2.05) is 0 Å². The minimum atomic E-state index is 0.942. The second kappa shape index (κ2) is 5.01. The summed E-state index contributed by atoms with van der Waals surface area (Å²) >= 11 is 2.43. The zero-order valence-electron chi connectivity index (χ0n) is 5.08. The van der Waals surface area contributed by atoms with Crippen molar-refractivity contribution in [3.05, 3.63) is 0 Å². The zero-order valence-corrected chi connectivity index (χ0v) is 7.23. The molecule has 0 rings (SSSR count). The van der Waals surface area contributed by atoms with Gasteiger partial charge in [0.25, 0.3) is 0 Å². The lowest BCUT2D eigenvalue weighted by molar-refractivity contribution is 1.38. The van der Waals surface area contributed by atoms with Crippen LogP contribution < -0.4 is 0 Å². The lowest BCUT2D eigenvalue weighted by atomic mass is 9.30. The standard InChI is InChI=1S/C4H11B2I/c1-2-6(5)3-4-7/h2-5H2,1H3. The third kappa shape index (κ3) is 4.72. The molecular weight excluding hydrogens is 197 g/mol. The van der Waals surface area contributed by atoms with E-state index in [1.165, 1.54) is 17.1 Å². The minimum Gasteiger partial charge on any atom is -0.0871 e. The second-order valence-corrected chi connectivity index (χ2v) is 3.07. The van der Waals surface area contributed by atoms with E-state index in [4.69, 9.17) is 0 Å². The summed E-state index contributed by atoms with van der Waals surface area (Å²) in [5.74, 6) is 0. The van der Waals surface area contributed by atoms with Gasteiger partial charge in [-0.25, -0.2) is 0 Å². The lowest BCUT2D eigenvalue weighted by Crippen LogP contribution is -2.10. The molecule has 0 aromatic heterocycles. The monoisotopic (exact) mass is 208 g/mol. The van der Waals surface area contributed by atoms with E-state index in [2.05, 4.69) is 37.3 Å². The quantitative estimate of drug-likeness (QED) is 0.369. The summed E-state index contributed by atoms with van der Waals surface area (Å²) in [6.07, 6.45) is 2.72. The summed E-state index contributed by atoms with van der Waals surface area (Å²) < 4.78 is 1.31. The van der Waals surface area contributed by atoms with E-state index in [1.54, 1.807) is 0 Å². The number of halogens is 1. The fraction of sp³-hybridized carbons (Fsp3) is 1.00. The van der Waals surface area contributed by atoms with Gasteiger partial charge < -0.3 is 0 Å². The summed E-state index contributed by atoms with van der Waals surface area (Å²) in [6.45, 7) is 3.19. The highest BCUT2D eigenvalue weighted by atomic mass is 127. The average Bonchev–Trinajstić information content (AvgIpc) is 1.68. The van der Waals surface area contributed by atoms with Gasteiger partial charge in [0.2, 0.25) is 0 Å². The Hall–Kier alpha value is 0.860. The number of hydrogen-bond donors (Lipinski definition) is 0. The van der Waals surface area contributed by atoms with Gasteiger partial charge in [0.15, 0.2) is 0 Å². The predicted octanol–water partition coefficient (Wildman–Crippen LogP) is 1.07. The SMILES string of the molecule is BB(CC)CCI. The first-order valence-corrected chi connectivity index (χ1v) is 4.39. The second-order valence-electron chi connectivity index (χ2n) is 1.99. The van der Waals surface area contributed by atoms with Crippen LogP contribution >= 0.6 is 22.6 Å². The van der Waals surface area contributed by atoms with Crippen molar-refractivity contribution in [3.63, 3.8) is 0 Å². The Labute approximate surface area is 61.1 Å². The van der Waals surface area contributed by atoms with Gasteiger partial charge in [-0.3, -0.25) is 0 Å². The van der Waals surface area contributed by atoms with E-state index >= 15 is 0 Å². The Bertz CT molecular complexity index is 40.7. The Morgan fingerprint density at radius 2 is 2.29 bits per heavy atom. The van der Waals surface area contributed by atoms with Crippen molar-refractivity contribution in [2.75, 3.05) is 4.43 Å². The smallest absolute Gasteiger partial charge is 0.0871 e. The molecule has 0 aliphatic rings. The molecule has 0 nitrogen and oxygen atoms in total. The summed E-state index contributed by atoms with van der Waals surface area (Å²) in [6, 6.07) is 0. The molecule has 0 radical (unpaired) electrons. The Morgan fingerprint density at radius 3 is 2.43 bits per heavy atom. The van der Waals surface area contributed by atoms with Crippen molar-refractivity contribution >= 4 is 36.9 Å². The molecule has 0 N–H and O–H groups in total. The fourth-order valence-corrected chi connectivity index (χ4v) is 1.45. The molecule has 0 fully saturated rings. The molecule has 3 heteroatoms. The first-order chi connectivity index (χ1) is 3.31. The molecule has 40 valence electrons. The summed E-state index contributed by atoms with van der Waals surface area (Å²) in [5, 5.41) is 0. The van der Waals surface area contributed by atoms with Crippen molar-refractivity contribution in [2.45, 2.75) is 19.6 Å². The third-order valence-electron chi connectivity index (χ3n) is 1.30. The third-order valence-corrected chi connectivity index (χ3v) is 1.92. The normalized spacial score (nSPS) is 8.86. The maximum absolute atomic E-state index is 2.43. The van der Waals surface area contributed by atoms with Crippen LogP contribution in [0.3, 0.4) is 0 Å². The van der Waals surface area contributed by atoms with E-state index in [0.717, 1.165) is 6.60 Å². The van der Waals surface area contributed by atoms with Gasteiger partial charge in [-0.2, -0.15) is 0 Å². The van der Waals surface area contributed by atoms with Gasteiger partial charge in [-0.1, -0.05) is 42.2 Å². The number of hydrogen-bond acceptors (Lipinski definition) is 0. The largest absolute Gasteiger partial charge is 0.101 e. The summed E-state index contributed by atoms with van der Waals surface area (Å²) in [5.41, 5.74) is 0. The molecule has 0 saturated carbocycles. The Kier molecular flexibility index (Phi) is 5.62. The maximum Gasteiger partial charge on any atom is 0.101 e. The molecule has 0 heterocycles. The van der Waals surface area contributed by atoms with Gasteiger partial charge >= 0.3 is 0 Å². The first-order valence-electron chi connectivity index (χ1n) is 2.87. The van der Waals surface area contributed by atoms with Crippen LogP contribution in [0.15, 0.2) is 0 Å². The van der Waals surface area contributed by atoms with Crippen LogP contribution in [0, 0.1) is 0 Å². The predicted molar refractivity (Wildman–Crippen MR) is 48.5 cm³/mol. The van der Waals surface area contributed by atoms with Crippen molar-refractivity contribution in [2.24, 2.45) is 0 Å². The molecule has 0 aromatic carbocycles. The average molecular weight is 208 g/mol. The van der Waals surface area contributed by atoms with Gasteiger partial charge in [0, 0.05) is 0 Å². The van der Waals surface area contributed by atoms with E-state index in [9.17, 15) is 0 Å². The number of rotatable bonds is 3. The van der Waals surface area contributed by atoms with Crippen LogP contribution in [0.2, 0.25) is 12.6 Å². The molecular formula is C4H11B2I. The molecule has 0 aromatic rings. The number of alkyl halides is 1. The maximum atomic E-state index is 2.43. The molecule has 0 aliphatic carbocycles. The highest BCUT2D eigenvalue weighted by Crippen LogP contribution is 1.96. The molecule has 0 atom stereocenters. The molecule has 0 spiro atoms. The fourth-order valence-electron chi connectivity index (χ4n) is 0.390. The van der Waals surface area contributed by atoms with Crippen LogP contribution in [0.25, 0.3) is 0 Å². The van der Waals surface area contributed by atoms with Gasteiger partial charge in [-0.05, 0) is 4.43 Å². The van der Waals surface area contributed by atoms with Crippen LogP contribution in [0.5, 0.6) is 0 Å². The minimum absolute atomic E-state index is 0.942. The Balaban J connectivity index is 2.83. The van der Waals surface area contributed by atoms with Crippen molar-refractivity contribution < 1.29 is 0 Å². The Morgan fingerprint density at radius 1 is 1.71 bits per heavy atom. The van der Waals surface area contributed by atoms with Crippen molar-refractivity contribution in [1.82, 2.24) is 0 Å². The molecule has 0 unspecified atom stereocenters. The van der Waals surface area contributed by atoms with Gasteiger partial charge in [-0.15, -0.1) is 0 Å². The van der Waals surface area contributed by atoms with E-state index in [0.29, 0.717) is 0 Å². The van der Waals surface area contributed by atoms with Crippen LogP contribution in [0.4, 0.5) is 0 Å². The first kappa shape index (κ1) is 7.86. The molecule has 0 saturated heterocycles. The van der Waals surface area contributed by atoms with Crippen LogP contribution in [-0.2, 0) is 0 Å². The zero-order chi connectivity index (χ0) is 5.70. The topological polar surface area (TPSA) is 0 Å². The molecule has 0 amide bonds. The summed E-state index contributed by atoms with van der Waals surface area (Å²) in [4.78, 5) is 0. The van der Waals surface area contributed by atoms with E-state index in [-0.39, 0.29) is 0 Å². The van der Waals surface area contributed by atoms with Crippen molar-refractivity contribution in [1.29, 1.82) is 0 Å². The highest BCUT2D eigenvalue weighted by Gasteiger charge is 1.98. The van der Waals surface area contributed by atoms with Crippen molar-refractivity contribution in [3.8, 4) is 0 Å². The molecule has 7 heavy (non-hydrogen) atoms. The van der Waals surface area contributed by atoms with Gasteiger partial charge in [0.05, 0.1) is 7.74 Å². The van der Waals surface area contributed by atoms with E-state index < -0.39 is 0 Å². The van der Waals surface area contributed by atoms with Crippen LogP contribution in [0.1, 0.15) is 6.92 Å². The molecule has 0 aliphatic heterocycles. The van der Waals surface area contributed by atoms with Gasteiger partial charge in [0.1, 0.15) is 6.60 Å². The lowest BCUT2D eigenvalue weighted by Gasteiger charge is -1.97. The summed E-state index contributed by atoms with van der Waals surface area (Å²) in [7, 11) is 2.30. The highest BCUT2D eigenvalue weighted by molar-refractivity contribution is 14.1.